The van der Waals surface area contributed by atoms with Gasteiger partial charge in [0, 0.05) is 30.8 Å². The van der Waals surface area contributed by atoms with Crippen LogP contribution in [-0.4, -0.2) is 24.9 Å². The van der Waals surface area contributed by atoms with E-state index in [0.29, 0.717) is 18.2 Å². The van der Waals surface area contributed by atoms with Gasteiger partial charge in [-0.05, 0) is 19.3 Å². The molecule has 0 fully saturated rings. The smallest absolute Gasteiger partial charge is 0.271 e. The lowest BCUT2D eigenvalue weighted by molar-refractivity contribution is -0.117. The van der Waals surface area contributed by atoms with Gasteiger partial charge in [-0.2, -0.15) is 0 Å². The largest absolute Gasteiger partial charge is 0.351 e. The highest BCUT2D eigenvalue weighted by Crippen LogP contribution is 2.30. The molecule has 0 aromatic carbocycles. The Kier molecular flexibility index (Phi) is 3.71. The summed E-state index contributed by atoms with van der Waals surface area (Å²) >= 11 is 0. The van der Waals surface area contributed by atoms with Gasteiger partial charge in [0.25, 0.3) is 5.91 Å². The number of allylic oxidation sites excluding steroid dienone is 1. The number of carbonyl (C=O) groups is 1. The van der Waals surface area contributed by atoms with Crippen molar-refractivity contribution in [2.45, 2.75) is 33.1 Å². The fourth-order valence-electron chi connectivity index (χ4n) is 2.24. The summed E-state index contributed by atoms with van der Waals surface area (Å²) < 4.78 is 0. The number of carbonyl (C=O) groups excluding carboxylic acids is 1. The third-order valence-electron chi connectivity index (χ3n) is 3.42. The van der Waals surface area contributed by atoms with Crippen molar-refractivity contribution in [2.24, 2.45) is 21.8 Å². The van der Waals surface area contributed by atoms with E-state index in [1.54, 1.807) is 0 Å². The average Bonchev–Trinajstić information content (AvgIpc) is 2.42. The predicted octanol–water partition coefficient (Wildman–Crippen LogP) is 1.93. The van der Waals surface area contributed by atoms with E-state index in [1.807, 2.05) is 12.4 Å². The monoisotopic (exact) mass is 233 g/mol. The number of aliphatic imine (C=N–C) groups is 2. The van der Waals surface area contributed by atoms with E-state index < -0.39 is 0 Å². The molecule has 0 saturated heterocycles. The van der Waals surface area contributed by atoms with Crippen molar-refractivity contribution in [1.82, 2.24) is 5.32 Å². The average molecular weight is 233 g/mol. The molecule has 0 spiro atoms. The molecule has 0 aromatic rings. The molecule has 4 nitrogen and oxygen atoms in total. The number of rotatable bonds is 1. The molecule has 2 aliphatic rings. The van der Waals surface area contributed by atoms with E-state index in [2.05, 4.69) is 29.1 Å². The third kappa shape index (κ3) is 2.46. The fourth-order valence-corrected chi connectivity index (χ4v) is 2.24. The highest BCUT2D eigenvalue weighted by atomic mass is 16.2. The molecule has 1 N–H and O–H groups in total. The molecule has 0 aliphatic carbocycles. The van der Waals surface area contributed by atoms with E-state index in [-0.39, 0.29) is 11.8 Å². The minimum atomic E-state index is -0.0864. The van der Waals surface area contributed by atoms with Crippen LogP contribution in [0.5, 0.6) is 0 Å². The molecule has 2 heterocycles. The minimum absolute atomic E-state index is 0.0864. The second-order valence-corrected chi connectivity index (χ2v) is 4.58. The number of amides is 1. The first kappa shape index (κ1) is 12.0. The van der Waals surface area contributed by atoms with E-state index in [1.165, 1.54) is 0 Å². The van der Waals surface area contributed by atoms with Crippen molar-refractivity contribution < 1.29 is 4.79 Å². The van der Waals surface area contributed by atoms with Crippen LogP contribution in [0.1, 0.15) is 33.1 Å². The molecule has 17 heavy (non-hydrogen) atoms. The van der Waals surface area contributed by atoms with Gasteiger partial charge in [0.15, 0.2) is 0 Å². The maximum Gasteiger partial charge on any atom is 0.271 e. The van der Waals surface area contributed by atoms with Gasteiger partial charge < -0.3 is 5.32 Å². The van der Waals surface area contributed by atoms with Crippen molar-refractivity contribution in [2.75, 3.05) is 6.54 Å². The Morgan fingerprint density at radius 1 is 1.47 bits per heavy atom. The van der Waals surface area contributed by atoms with E-state index in [4.69, 9.17) is 0 Å². The summed E-state index contributed by atoms with van der Waals surface area (Å²) in [6.45, 7) is 4.96. The highest BCUT2D eigenvalue weighted by molar-refractivity contribution is 5.96. The predicted molar refractivity (Wildman–Crippen MR) is 69.2 cm³/mol. The Morgan fingerprint density at radius 2 is 2.29 bits per heavy atom. The molecule has 2 unspecified atom stereocenters. The fraction of sp³-hybridized carbons (Fsp3) is 0.615. The Bertz CT molecular complexity index is 395. The van der Waals surface area contributed by atoms with Crippen LogP contribution >= 0.6 is 0 Å². The summed E-state index contributed by atoms with van der Waals surface area (Å²) in [7, 11) is 0. The van der Waals surface area contributed by atoms with Crippen LogP contribution in [0, 0.1) is 11.8 Å². The van der Waals surface area contributed by atoms with Crippen molar-refractivity contribution in [3.8, 4) is 0 Å². The van der Waals surface area contributed by atoms with Crippen molar-refractivity contribution >= 4 is 18.3 Å². The molecule has 2 atom stereocenters. The summed E-state index contributed by atoms with van der Waals surface area (Å²) in [5.41, 5.74) is 1.35. The molecule has 0 aromatic heterocycles. The molecular formula is C13H19N3O. The minimum Gasteiger partial charge on any atom is -0.351 e. The molecule has 0 radical (unpaired) electrons. The highest BCUT2D eigenvalue weighted by Gasteiger charge is 2.27. The van der Waals surface area contributed by atoms with Gasteiger partial charge in [0.05, 0.1) is 5.70 Å². The molecule has 0 bridgehead atoms. The lowest BCUT2D eigenvalue weighted by Gasteiger charge is -2.24. The number of nitrogens with zero attached hydrogens (tertiary/aromatic N) is 2. The summed E-state index contributed by atoms with van der Waals surface area (Å²) in [4.78, 5) is 20.7. The first-order valence-corrected chi connectivity index (χ1v) is 6.33. The van der Waals surface area contributed by atoms with Gasteiger partial charge in [-0.25, -0.2) is 0 Å². The second kappa shape index (κ2) is 5.25. The molecule has 4 heteroatoms. The lowest BCUT2D eigenvalue weighted by Crippen LogP contribution is -2.29. The Balaban J connectivity index is 2.36. The third-order valence-corrected chi connectivity index (χ3v) is 3.42. The molecule has 2 aliphatic heterocycles. The first-order valence-electron chi connectivity index (χ1n) is 6.33. The number of hydrogen-bond acceptors (Lipinski definition) is 3. The van der Waals surface area contributed by atoms with Gasteiger partial charge in [0.1, 0.15) is 5.70 Å². The zero-order valence-corrected chi connectivity index (χ0v) is 10.4. The van der Waals surface area contributed by atoms with Gasteiger partial charge in [-0.3, -0.25) is 14.8 Å². The van der Waals surface area contributed by atoms with Crippen molar-refractivity contribution in [3.05, 3.63) is 11.4 Å². The first-order chi connectivity index (χ1) is 8.24. The Morgan fingerprint density at radius 3 is 3.06 bits per heavy atom. The molecule has 2 rings (SSSR count). The SMILES string of the molecule is CCC1C=NC2=C(N=CCCCNC2=O)C1C. The molecule has 0 saturated carbocycles. The Hall–Kier alpha value is -1.45. The van der Waals surface area contributed by atoms with Gasteiger partial charge >= 0.3 is 0 Å². The summed E-state index contributed by atoms with van der Waals surface area (Å²) in [5, 5.41) is 2.89. The maximum absolute atomic E-state index is 11.9. The topological polar surface area (TPSA) is 53.8 Å². The zero-order valence-electron chi connectivity index (χ0n) is 10.4. The van der Waals surface area contributed by atoms with Gasteiger partial charge in [0.2, 0.25) is 0 Å². The molecular weight excluding hydrogens is 214 g/mol. The van der Waals surface area contributed by atoms with Crippen LogP contribution < -0.4 is 5.32 Å². The van der Waals surface area contributed by atoms with Crippen LogP contribution in [-0.2, 0) is 4.79 Å². The second-order valence-electron chi connectivity index (χ2n) is 4.58. The molecule has 1 amide bonds. The maximum atomic E-state index is 11.9. The summed E-state index contributed by atoms with van der Waals surface area (Å²) in [5.74, 6) is 0.573. The van der Waals surface area contributed by atoms with Gasteiger partial charge in [-0.15, -0.1) is 0 Å². The van der Waals surface area contributed by atoms with Crippen molar-refractivity contribution in [1.29, 1.82) is 0 Å². The summed E-state index contributed by atoms with van der Waals surface area (Å²) in [6, 6.07) is 0. The van der Waals surface area contributed by atoms with E-state index >= 15 is 0 Å². The standard InChI is InChI=1S/C13H19N3O/c1-3-10-8-16-12-11(9(10)2)14-6-4-5-7-15-13(12)17/h6,8-10H,3-5,7H2,1-2H3,(H,15,17). The van der Waals surface area contributed by atoms with Crippen LogP contribution in [0.25, 0.3) is 0 Å². The van der Waals surface area contributed by atoms with Crippen LogP contribution in [0.3, 0.4) is 0 Å². The van der Waals surface area contributed by atoms with Crippen LogP contribution in [0.15, 0.2) is 21.4 Å². The number of hydrogen-bond donors (Lipinski definition) is 1. The van der Waals surface area contributed by atoms with E-state index in [9.17, 15) is 4.79 Å². The zero-order chi connectivity index (χ0) is 12.3. The van der Waals surface area contributed by atoms with Gasteiger partial charge in [-0.1, -0.05) is 13.8 Å². The normalized spacial score (nSPS) is 29.2. The lowest BCUT2D eigenvalue weighted by atomic mass is 9.87. The molecule has 92 valence electrons. The quantitative estimate of drug-likeness (QED) is 0.739. The van der Waals surface area contributed by atoms with E-state index in [0.717, 1.165) is 25.0 Å². The number of nitrogens with one attached hydrogen (secondary N) is 1. The summed E-state index contributed by atoms with van der Waals surface area (Å²) in [6.07, 6.45) is 6.68. The van der Waals surface area contributed by atoms with Crippen molar-refractivity contribution in [3.63, 3.8) is 0 Å². The Labute approximate surface area is 102 Å². The van der Waals surface area contributed by atoms with Crippen LogP contribution in [0.4, 0.5) is 0 Å². The van der Waals surface area contributed by atoms with Crippen LogP contribution in [0.2, 0.25) is 0 Å².